The predicted octanol–water partition coefficient (Wildman–Crippen LogP) is 0.595. The maximum absolute atomic E-state index is 11.8. The Hall–Kier alpha value is -1.88. The molecule has 0 bridgehead atoms. The van der Waals surface area contributed by atoms with E-state index in [0.717, 1.165) is 26.1 Å². The number of nitrogens with zero attached hydrogens (tertiary/aromatic N) is 2. The Morgan fingerprint density at radius 2 is 1.95 bits per heavy atom. The lowest BCUT2D eigenvalue weighted by atomic mass is 10.2. The highest BCUT2D eigenvalue weighted by molar-refractivity contribution is 6.34. The minimum absolute atomic E-state index is 0.00112. The molecule has 1 aliphatic heterocycles. The molecule has 1 aliphatic rings. The molecule has 1 saturated heterocycles. The highest BCUT2D eigenvalue weighted by Gasteiger charge is 2.27. The van der Waals surface area contributed by atoms with E-state index in [-0.39, 0.29) is 6.04 Å². The van der Waals surface area contributed by atoms with Crippen LogP contribution in [0.3, 0.4) is 0 Å². The molecule has 1 unspecified atom stereocenters. The van der Waals surface area contributed by atoms with E-state index in [1.54, 1.807) is 4.90 Å². The van der Waals surface area contributed by atoms with Gasteiger partial charge in [-0.1, -0.05) is 30.3 Å². The van der Waals surface area contributed by atoms with Crippen LogP contribution in [-0.2, 0) is 16.1 Å². The van der Waals surface area contributed by atoms with Crippen molar-refractivity contribution in [2.24, 2.45) is 5.73 Å². The molecule has 1 aromatic carbocycles. The van der Waals surface area contributed by atoms with Crippen LogP contribution in [0.4, 0.5) is 0 Å². The number of hydrogen-bond donors (Lipinski definition) is 1. The van der Waals surface area contributed by atoms with Gasteiger partial charge in [0, 0.05) is 32.2 Å². The van der Waals surface area contributed by atoms with Crippen molar-refractivity contribution < 1.29 is 9.59 Å². The molecule has 1 atom stereocenters. The molecule has 108 valence electrons. The zero-order valence-electron chi connectivity index (χ0n) is 11.8. The van der Waals surface area contributed by atoms with Crippen molar-refractivity contribution in [1.29, 1.82) is 0 Å². The third-order valence-electron chi connectivity index (χ3n) is 3.65. The van der Waals surface area contributed by atoms with E-state index in [4.69, 9.17) is 5.73 Å². The summed E-state index contributed by atoms with van der Waals surface area (Å²) >= 11 is 0. The van der Waals surface area contributed by atoms with Crippen LogP contribution in [0.15, 0.2) is 30.3 Å². The van der Waals surface area contributed by atoms with E-state index < -0.39 is 11.8 Å². The summed E-state index contributed by atoms with van der Waals surface area (Å²) in [5, 5.41) is 0. The van der Waals surface area contributed by atoms with Crippen LogP contribution < -0.4 is 5.73 Å². The van der Waals surface area contributed by atoms with Gasteiger partial charge >= 0.3 is 11.8 Å². The maximum Gasteiger partial charge on any atom is 0.311 e. The highest BCUT2D eigenvalue weighted by Crippen LogP contribution is 2.13. The average Bonchev–Trinajstić information content (AvgIpc) is 2.60. The summed E-state index contributed by atoms with van der Waals surface area (Å²) in [5.41, 5.74) is 6.35. The van der Waals surface area contributed by atoms with E-state index in [9.17, 15) is 9.59 Å². The largest absolute Gasteiger partial charge is 0.361 e. The number of carbonyl (C=O) groups excluding carboxylic acids is 2. The first-order valence-corrected chi connectivity index (χ1v) is 6.94. The van der Waals surface area contributed by atoms with Gasteiger partial charge in [-0.05, 0) is 18.9 Å². The van der Waals surface area contributed by atoms with Crippen molar-refractivity contribution >= 4 is 11.8 Å². The average molecular weight is 275 g/mol. The second-order valence-electron chi connectivity index (χ2n) is 5.29. The Labute approximate surface area is 119 Å². The Balaban J connectivity index is 1.99. The number of amides is 2. The number of rotatable bonds is 2. The van der Waals surface area contributed by atoms with Crippen molar-refractivity contribution in [2.45, 2.75) is 25.9 Å². The van der Waals surface area contributed by atoms with Crippen molar-refractivity contribution in [2.75, 3.05) is 19.6 Å². The molecule has 2 N–H and O–H groups in total. The molecule has 1 heterocycles. The molecule has 1 aromatic rings. The van der Waals surface area contributed by atoms with Gasteiger partial charge in [0.25, 0.3) is 0 Å². The molecule has 0 saturated carbocycles. The van der Waals surface area contributed by atoms with Gasteiger partial charge < -0.3 is 10.6 Å². The maximum atomic E-state index is 11.8. The molecule has 2 rings (SSSR count). The van der Waals surface area contributed by atoms with E-state index in [1.165, 1.54) is 5.56 Å². The molecule has 20 heavy (non-hydrogen) atoms. The van der Waals surface area contributed by atoms with Crippen LogP contribution in [0.5, 0.6) is 0 Å². The molecule has 5 heteroatoms. The van der Waals surface area contributed by atoms with Crippen molar-refractivity contribution in [3.63, 3.8) is 0 Å². The lowest BCUT2D eigenvalue weighted by molar-refractivity contribution is -0.145. The summed E-state index contributed by atoms with van der Waals surface area (Å²) in [6.07, 6.45) is 0.857. The third-order valence-corrected chi connectivity index (χ3v) is 3.65. The van der Waals surface area contributed by atoms with Gasteiger partial charge in [0.05, 0.1) is 0 Å². The fourth-order valence-electron chi connectivity index (χ4n) is 2.68. The summed E-state index contributed by atoms with van der Waals surface area (Å²) in [5.74, 6) is -1.44. The van der Waals surface area contributed by atoms with E-state index in [1.807, 2.05) is 25.1 Å². The summed E-state index contributed by atoms with van der Waals surface area (Å²) in [7, 11) is 0. The van der Waals surface area contributed by atoms with Gasteiger partial charge in [-0.2, -0.15) is 0 Å². The molecule has 1 fully saturated rings. The number of benzene rings is 1. The van der Waals surface area contributed by atoms with Crippen LogP contribution in [0.1, 0.15) is 18.9 Å². The third kappa shape index (κ3) is 3.57. The lowest BCUT2D eigenvalue weighted by Crippen LogP contribution is -2.47. The SMILES string of the molecule is CC1CN(Cc2ccccc2)CCCN1C(=O)C(N)=O. The van der Waals surface area contributed by atoms with Gasteiger partial charge in [0.15, 0.2) is 0 Å². The van der Waals surface area contributed by atoms with Gasteiger partial charge in [-0.15, -0.1) is 0 Å². The molecular weight excluding hydrogens is 254 g/mol. The van der Waals surface area contributed by atoms with Crippen molar-refractivity contribution in [3.05, 3.63) is 35.9 Å². The zero-order chi connectivity index (χ0) is 14.5. The molecule has 2 amide bonds. The number of carbonyl (C=O) groups is 2. The van der Waals surface area contributed by atoms with Gasteiger partial charge in [-0.3, -0.25) is 14.5 Å². The monoisotopic (exact) mass is 275 g/mol. The number of nitrogens with two attached hydrogens (primary N) is 1. The zero-order valence-corrected chi connectivity index (χ0v) is 11.8. The molecule has 0 spiro atoms. The van der Waals surface area contributed by atoms with Gasteiger partial charge in [0.1, 0.15) is 0 Å². The van der Waals surface area contributed by atoms with E-state index in [0.29, 0.717) is 6.54 Å². The number of hydrogen-bond acceptors (Lipinski definition) is 3. The molecular formula is C15H21N3O2. The Morgan fingerprint density at radius 1 is 1.25 bits per heavy atom. The van der Waals surface area contributed by atoms with Crippen LogP contribution >= 0.6 is 0 Å². The van der Waals surface area contributed by atoms with E-state index >= 15 is 0 Å². The minimum Gasteiger partial charge on any atom is -0.361 e. The second-order valence-corrected chi connectivity index (χ2v) is 5.29. The highest BCUT2D eigenvalue weighted by atomic mass is 16.2. The minimum atomic E-state index is -0.867. The van der Waals surface area contributed by atoms with Crippen LogP contribution in [-0.4, -0.2) is 47.3 Å². The summed E-state index contributed by atoms with van der Waals surface area (Å²) in [6.45, 7) is 5.10. The topological polar surface area (TPSA) is 66.6 Å². The molecule has 0 aromatic heterocycles. The summed E-state index contributed by atoms with van der Waals surface area (Å²) < 4.78 is 0. The molecule has 0 aliphatic carbocycles. The lowest BCUT2D eigenvalue weighted by Gasteiger charge is -2.28. The fourth-order valence-corrected chi connectivity index (χ4v) is 2.68. The first kappa shape index (κ1) is 14.5. The normalized spacial score (nSPS) is 20.4. The Morgan fingerprint density at radius 3 is 2.60 bits per heavy atom. The Kier molecular flexibility index (Phi) is 4.74. The fraction of sp³-hybridized carbons (Fsp3) is 0.467. The smallest absolute Gasteiger partial charge is 0.311 e. The summed E-state index contributed by atoms with van der Waals surface area (Å²) in [6, 6.07) is 10.3. The predicted molar refractivity (Wildman–Crippen MR) is 76.7 cm³/mol. The summed E-state index contributed by atoms with van der Waals surface area (Å²) in [4.78, 5) is 26.7. The van der Waals surface area contributed by atoms with Gasteiger partial charge in [0.2, 0.25) is 0 Å². The molecule has 0 radical (unpaired) electrons. The van der Waals surface area contributed by atoms with Crippen molar-refractivity contribution in [3.8, 4) is 0 Å². The first-order chi connectivity index (χ1) is 9.58. The Bertz CT molecular complexity index is 475. The van der Waals surface area contributed by atoms with Crippen LogP contribution in [0.25, 0.3) is 0 Å². The standard InChI is InChI=1S/C15H21N3O2/c1-12-10-17(11-13-6-3-2-4-7-13)8-5-9-18(12)15(20)14(16)19/h2-4,6-7,12H,5,8-11H2,1H3,(H2,16,19). The van der Waals surface area contributed by atoms with Crippen LogP contribution in [0, 0.1) is 0 Å². The number of primary amides is 1. The quantitative estimate of drug-likeness (QED) is 0.804. The van der Waals surface area contributed by atoms with Crippen LogP contribution in [0.2, 0.25) is 0 Å². The first-order valence-electron chi connectivity index (χ1n) is 6.94. The van der Waals surface area contributed by atoms with Gasteiger partial charge in [-0.25, -0.2) is 0 Å². The second kappa shape index (κ2) is 6.52. The van der Waals surface area contributed by atoms with E-state index in [2.05, 4.69) is 17.0 Å². The molecule has 5 nitrogen and oxygen atoms in total. The van der Waals surface area contributed by atoms with Crippen molar-refractivity contribution in [1.82, 2.24) is 9.80 Å².